The number of piperidine rings is 1. The molecule has 2 heterocycles. The quantitative estimate of drug-likeness (QED) is 0.778. The molecule has 0 saturated carbocycles. The molecule has 0 radical (unpaired) electrons. The van der Waals surface area contributed by atoms with E-state index in [1.165, 1.54) is 0 Å². The molecule has 6 nitrogen and oxygen atoms in total. The summed E-state index contributed by atoms with van der Waals surface area (Å²) in [6.07, 6.45) is 1.66. The van der Waals surface area contributed by atoms with Gasteiger partial charge in [-0.3, -0.25) is 14.4 Å². The third kappa shape index (κ3) is 5.25. The normalized spacial score (nSPS) is 19.5. The van der Waals surface area contributed by atoms with Gasteiger partial charge >= 0.3 is 0 Å². The molecule has 2 aromatic carbocycles. The van der Waals surface area contributed by atoms with Crippen molar-refractivity contribution < 1.29 is 14.4 Å². The van der Waals surface area contributed by atoms with Crippen molar-refractivity contribution in [1.29, 1.82) is 0 Å². The highest BCUT2D eigenvalue weighted by Crippen LogP contribution is 2.22. The third-order valence-corrected chi connectivity index (χ3v) is 6.24. The Balaban J connectivity index is 1.25. The van der Waals surface area contributed by atoms with Crippen LogP contribution in [-0.4, -0.2) is 53.2 Å². The zero-order valence-electron chi connectivity index (χ0n) is 17.3. The summed E-state index contributed by atoms with van der Waals surface area (Å²) >= 11 is 5.99. The van der Waals surface area contributed by atoms with Crippen molar-refractivity contribution in [3.8, 4) is 0 Å². The number of nitrogens with zero attached hydrogens (tertiary/aromatic N) is 2. The summed E-state index contributed by atoms with van der Waals surface area (Å²) in [6.45, 7) is 2.15. The van der Waals surface area contributed by atoms with Crippen molar-refractivity contribution in [3.63, 3.8) is 0 Å². The highest BCUT2D eigenvalue weighted by Gasteiger charge is 2.35. The predicted octanol–water partition coefficient (Wildman–Crippen LogP) is 3.11. The minimum Gasteiger partial charge on any atom is -0.353 e. The molecule has 1 unspecified atom stereocenters. The molecule has 162 valence electrons. The van der Waals surface area contributed by atoms with E-state index in [1.807, 2.05) is 30.3 Å². The SMILES string of the molecule is O=C(NC1CCN(C(=O)c2cccc(Cl)c2)CC1)C1CC(=O)N(Cc2ccccc2)C1. The van der Waals surface area contributed by atoms with Gasteiger partial charge in [-0.05, 0) is 36.6 Å². The fourth-order valence-electron chi connectivity index (χ4n) is 4.25. The van der Waals surface area contributed by atoms with Gasteiger partial charge in [0.2, 0.25) is 11.8 Å². The van der Waals surface area contributed by atoms with Gasteiger partial charge in [0.15, 0.2) is 0 Å². The van der Waals surface area contributed by atoms with Crippen LogP contribution in [0.15, 0.2) is 54.6 Å². The zero-order valence-corrected chi connectivity index (χ0v) is 18.1. The molecular weight excluding hydrogens is 414 g/mol. The van der Waals surface area contributed by atoms with E-state index in [-0.39, 0.29) is 36.1 Å². The van der Waals surface area contributed by atoms with Crippen molar-refractivity contribution in [2.75, 3.05) is 19.6 Å². The summed E-state index contributed by atoms with van der Waals surface area (Å²) in [5, 5.41) is 3.64. The summed E-state index contributed by atoms with van der Waals surface area (Å²) in [7, 11) is 0. The van der Waals surface area contributed by atoms with Gasteiger partial charge in [-0.15, -0.1) is 0 Å². The number of hydrogen-bond donors (Lipinski definition) is 1. The van der Waals surface area contributed by atoms with Crippen molar-refractivity contribution in [3.05, 3.63) is 70.7 Å². The summed E-state index contributed by atoms with van der Waals surface area (Å²) < 4.78 is 0. The van der Waals surface area contributed by atoms with Gasteiger partial charge in [0.25, 0.3) is 5.91 Å². The van der Waals surface area contributed by atoms with Gasteiger partial charge in [-0.1, -0.05) is 48.0 Å². The lowest BCUT2D eigenvalue weighted by molar-refractivity contribution is -0.129. The lowest BCUT2D eigenvalue weighted by Gasteiger charge is -2.33. The van der Waals surface area contributed by atoms with E-state index >= 15 is 0 Å². The van der Waals surface area contributed by atoms with Crippen molar-refractivity contribution >= 4 is 29.3 Å². The zero-order chi connectivity index (χ0) is 21.8. The first kappa shape index (κ1) is 21.4. The molecule has 0 aliphatic carbocycles. The molecule has 2 fully saturated rings. The number of benzene rings is 2. The molecule has 0 bridgehead atoms. The molecule has 2 aliphatic rings. The number of amides is 3. The Labute approximate surface area is 187 Å². The minimum atomic E-state index is -0.317. The van der Waals surface area contributed by atoms with Crippen LogP contribution in [-0.2, 0) is 16.1 Å². The van der Waals surface area contributed by atoms with Gasteiger partial charge in [0, 0.05) is 49.2 Å². The second kappa shape index (κ2) is 9.52. The van der Waals surface area contributed by atoms with E-state index in [2.05, 4.69) is 5.32 Å². The van der Waals surface area contributed by atoms with E-state index in [4.69, 9.17) is 11.6 Å². The number of hydrogen-bond acceptors (Lipinski definition) is 3. The third-order valence-electron chi connectivity index (χ3n) is 6.00. The Bertz CT molecular complexity index is 958. The van der Waals surface area contributed by atoms with Gasteiger partial charge in [0.1, 0.15) is 0 Å². The second-order valence-corrected chi connectivity index (χ2v) is 8.68. The molecule has 7 heteroatoms. The number of likely N-dealkylation sites (tertiary alicyclic amines) is 2. The molecular formula is C24H26ClN3O3. The van der Waals surface area contributed by atoms with E-state index in [1.54, 1.807) is 34.1 Å². The summed E-state index contributed by atoms with van der Waals surface area (Å²) in [5.74, 6) is -0.401. The molecule has 2 aromatic rings. The summed E-state index contributed by atoms with van der Waals surface area (Å²) in [6, 6.07) is 16.8. The van der Waals surface area contributed by atoms with Gasteiger partial charge in [-0.2, -0.15) is 0 Å². The number of carbonyl (C=O) groups excluding carboxylic acids is 3. The molecule has 1 atom stereocenters. The van der Waals surface area contributed by atoms with Crippen LogP contribution in [0.5, 0.6) is 0 Å². The fraction of sp³-hybridized carbons (Fsp3) is 0.375. The second-order valence-electron chi connectivity index (χ2n) is 8.25. The first-order chi connectivity index (χ1) is 15.0. The molecule has 0 aromatic heterocycles. The van der Waals surface area contributed by atoms with Crippen LogP contribution in [0.4, 0.5) is 0 Å². The van der Waals surface area contributed by atoms with Crippen LogP contribution in [0, 0.1) is 5.92 Å². The standard InChI is InChI=1S/C24H26ClN3O3/c25-20-8-4-7-18(13-20)24(31)27-11-9-21(10-12-27)26-23(30)19-14-22(29)28(16-19)15-17-5-2-1-3-6-17/h1-8,13,19,21H,9-12,14-16H2,(H,26,30). The number of nitrogens with one attached hydrogen (secondary N) is 1. The van der Waals surface area contributed by atoms with Crippen LogP contribution < -0.4 is 5.32 Å². The fourth-order valence-corrected chi connectivity index (χ4v) is 4.44. The van der Waals surface area contributed by atoms with E-state index < -0.39 is 0 Å². The van der Waals surface area contributed by atoms with Gasteiger partial charge in [-0.25, -0.2) is 0 Å². The Hall–Kier alpha value is -2.86. The van der Waals surface area contributed by atoms with Gasteiger partial charge < -0.3 is 15.1 Å². The summed E-state index contributed by atoms with van der Waals surface area (Å²) in [4.78, 5) is 41.3. The largest absolute Gasteiger partial charge is 0.353 e. The Morgan fingerprint density at radius 2 is 1.77 bits per heavy atom. The molecule has 1 N–H and O–H groups in total. The smallest absolute Gasteiger partial charge is 0.253 e. The predicted molar refractivity (Wildman–Crippen MR) is 118 cm³/mol. The molecule has 2 saturated heterocycles. The average molecular weight is 440 g/mol. The summed E-state index contributed by atoms with van der Waals surface area (Å²) in [5.41, 5.74) is 1.65. The minimum absolute atomic E-state index is 0.0194. The molecule has 2 aliphatic heterocycles. The number of rotatable bonds is 5. The molecule has 4 rings (SSSR count). The van der Waals surface area contributed by atoms with E-state index in [0.717, 1.165) is 5.56 Å². The van der Waals surface area contributed by atoms with Crippen molar-refractivity contribution in [1.82, 2.24) is 15.1 Å². The first-order valence-corrected chi connectivity index (χ1v) is 11.0. The molecule has 3 amide bonds. The first-order valence-electron chi connectivity index (χ1n) is 10.7. The maximum Gasteiger partial charge on any atom is 0.253 e. The van der Waals surface area contributed by atoms with Crippen molar-refractivity contribution in [2.45, 2.75) is 31.8 Å². The van der Waals surface area contributed by atoms with Crippen LogP contribution in [0.2, 0.25) is 5.02 Å². The highest BCUT2D eigenvalue weighted by atomic mass is 35.5. The van der Waals surface area contributed by atoms with Crippen LogP contribution >= 0.6 is 11.6 Å². The van der Waals surface area contributed by atoms with Crippen LogP contribution in [0.25, 0.3) is 0 Å². The lowest BCUT2D eigenvalue weighted by atomic mass is 10.0. The maximum absolute atomic E-state index is 12.7. The molecule has 31 heavy (non-hydrogen) atoms. The van der Waals surface area contributed by atoms with Crippen molar-refractivity contribution in [2.24, 2.45) is 5.92 Å². The van der Waals surface area contributed by atoms with Crippen LogP contribution in [0.1, 0.15) is 35.2 Å². The van der Waals surface area contributed by atoms with Crippen LogP contribution in [0.3, 0.4) is 0 Å². The topological polar surface area (TPSA) is 69.7 Å². The average Bonchev–Trinajstić information content (AvgIpc) is 3.15. The monoisotopic (exact) mass is 439 g/mol. The number of carbonyl (C=O) groups is 3. The van der Waals surface area contributed by atoms with E-state index in [9.17, 15) is 14.4 Å². The maximum atomic E-state index is 12.7. The lowest BCUT2D eigenvalue weighted by Crippen LogP contribution is -2.48. The van der Waals surface area contributed by atoms with E-state index in [0.29, 0.717) is 49.6 Å². The number of halogens is 1. The molecule has 0 spiro atoms. The Morgan fingerprint density at radius 3 is 2.48 bits per heavy atom. The van der Waals surface area contributed by atoms with Gasteiger partial charge in [0.05, 0.1) is 5.92 Å². The Morgan fingerprint density at radius 1 is 1.03 bits per heavy atom. The Kier molecular flexibility index (Phi) is 6.56. The highest BCUT2D eigenvalue weighted by molar-refractivity contribution is 6.30.